The van der Waals surface area contributed by atoms with Crippen molar-refractivity contribution < 1.29 is 0 Å². The Labute approximate surface area is 566 Å². The molecule has 2 aromatic rings. The van der Waals surface area contributed by atoms with E-state index in [-0.39, 0.29) is 0 Å². The van der Waals surface area contributed by atoms with Crippen molar-refractivity contribution in [3.63, 3.8) is 0 Å². The molecule has 12 fully saturated rings. The molecule has 0 radical (unpaired) electrons. The fraction of sp³-hybridized carbons (Fsp3) is 0.736. The van der Waals surface area contributed by atoms with Gasteiger partial charge < -0.3 is 0 Å². The van der Waals surface area contributed by atoms with Crippen molar-refractivity contribution in [1.29, 1.82) is 0 Å². The maximum Gasteiger partial charge on any atom is -0.0163 e. The van der Waals surface area contributed by atoms with Gasteiger partial charge in [0.25, 0.3) is 0 Å². The number of allylic oxidation sites excluding steroid dienone is 12. The number of hydrogen-bond donors (Lipinski definition) is 0. The highest BCUT2D eigenvalue weighted by molar-refractivity contribution is 5.31. The summed E-state index contributed by atoms with van der Waals surface area (Å²) >= 11 is 0. The van der Waals surface area contributed by atoms with Crippen LogP contribution in [0.4, 0.5) is 0 Å². The third-order valence-corrected chi connectivity index (χ3v) is 23.1. The van der Waals surface area contributed by atoms with Crippen LogP contribution in [0.1, 0.15) is 375 Å². The molecule has 0 nitrogen and oxygen atoms in total. The van der Waals surface area contributed by atoms with Gasteiger partial charge in [0.15, 0.2) is 0 Å². The average Bonchev–Trinajstić information content (AvgIpc) is 1.98. The summed E-state index contributed by atoms with van der Waals surface area (Å²) in [5.74, 6) is 9.03. The largest absolute Gasteiger partial charge is 0.0885 e. The smallest absolute Gasteiger partial charge is 0.0163 e. The van der Waals surface area contributed by atoms with E-state index in [0.29, 0.717) is 0 Å². The van der Waals surface area contributed by atoms with E-state index in [1.165, 1.54) is 337 Å². The minimum absolute atomic E-state index is 0.991. The minimum atomic E-state index is 0.991. The van der Waals surface area contributed by atoms with Crippen LogP contribution in [0, 0.1) is 47.3 Å². The van der Waals surface area contributed by atoms with Crippen molar-refractivity contribution in [2.24, 2.45) is 47.3 Å². The highest BCUT2D eigenvalue weighted by atomic mass is 14.5. The highest BCUT2D eigenvalue weighted by Crippen LogP contribution is 2.53. The summed E-state index contributed by atoms with van der Waals surface area (Å²) in [4.78, 5) is 0. The van der Waals surface area contributed by atoms with Crippen molar-refractivity contribution in [3.8, 4) is 0 Å². The van der Waals surface area contributed by atoms with Crippen molar-refractivity contribution in [2.75, 3.05) is 0 Å². The summed E-state index contributed by atoms with van der Waals surface area (Å²) in [7, 11) is 0. The van der Waals surface area contributed by atoms with E-state index < -0.39 is 0 Å². The van der Waals surface area contributed by atoms with Crippen molar-refractivity contribution in [1.82, 2.24) is 0 Å². The van der Waals surface area contributed by atoms with Gasteiger partial charge in [-0.05, 0) is 256 Å². The lowest BCUT2D eigenvalue weighted by atomic mass is 9.56. The maximum atomic E-state index is 2.38. The molecule has 91 heavy (non-hydrogen) atoms. The van der Waals surface area contributed by atoms with Gasteiger partial charge in [-0.15, -0.1) is 0 Å². The third kappa shape index (κ3) is 37.1. The molecule has 0 heterocycles. The molecule has 0 spiro atoms. The second kappa shape index (κ2) is 51.2. The Hall–Kier alpha value is -3.12. The second-order valence-electron chi connectivity index (χ2n) is 31.5. The van der Waals surface area contributed by atoms with E-state index in [0.717, 1.165) is 18.3 Å². The number of aryl methyl sites for hydroxylation is 4. The normalized spacial score (nSPS) is 28.7. The van der Waals surface area contributed by atoms with Crippen LogP contribution in [0.15, 0.2) is 121 Å². The number of benzene rings is 2. The molecule has 0 amide bonds. The molecule has 0 aliphatic heterocycles. The van der Waals surface area contributed by atoms with E-state index in [9.17, 15) is 0 Å². The summed E-state index contributed by atoms with van der Waals surface area (Å²) < 4.78 is 0. The standard InChI is InChI=1S/C10H16.C10H12.C9H10.C7H12.C7H10.C7H14.C7H12.C6H12.C6H10.C5H10.C5H8.C5H6.C4H8.C3H6/c1-7-2-9-4-8(1)5-10(3-7)6-9;1-2-6-10-8-4-3-7-9(10)5-1;1-2-5-9-7-3-6-8(9)4-1;2*1-2-7-4-3-6(1)5-7;2*1-2-4-6-7-5-3-1;2*1-2-4-6-5-3-1;3*1-2-4-5-3-1;1-2-4-3-1;1-2-3-1/h7-10H,1-6H2;1-2,5-6H,3-4,7-8H2;1-2,4-5H,3,6-7H2;6-7H,1-5H2;1-2,6-7H,3-5H2;1-7H2;1-2H,3-7H2;1-6H2;1-2H,3-6H2;1-5H2;1-2H,3-5H2;1-4H,5H2;1-4H2;1-3H2. The highest BCUT2D eigenvalue weighted by Gasteiger charge is 2.41. The zero-order chi connectivity index (χ0) is 62.8. The van der Waals surface area contributed by atoms with Crippen LogP contribution >= 0.6 is 0 Å². The molecule has 510 valence electrons. The molecule has 0 aromatic heterocycles. The van der Waals surface area contributed by atoms with Gasteiger partial charge in [0.05, 0.1) is 0 Å². The number of hydrogen-bond acceptors (Lipinski definition) is 0. The van der Waals surface area contributed by atoms with Crippen LogP contribution in [-0.4, -0.2) is 0 Å². The molecule has 2 aromatic carbocycles. The van der Waals surface area contributed by atoms with Crippen molar-refractivity contribution >= 4 is 0 Å². The van der Waals surface area contributed by atoms with E-state index in [1.807, 2.05) is 0 Å². The molecule has 19 aliphatic carbocycles. The van der Waals surface area contributed by atoms with E-state index >= 15 is 0 Å². The van der Waals surface area contributed by atoms with Crippen molar-refractivity contribution in [3.05, 3.63) is 144 Å². The molecule has 2 unspecified atom stereocenters. The first kappa shape index (κ1) is 75.3. The van der Waals surface area contributed by atoms with Crippen LogP contribution in [0.5, 0.6) is 0 Å². The van der Waals surface area contributed by atoms with Gasteiger partial charge in [-0.2, -0.15) is 0 Å². The Kier molecular flexibility index (Phi) is 42.3. The van der Waals surface area contributed by atoms with Crippen LogP contribution in [0.3, 0.4) is 0 Å². The summed E-state index contributed by atoms with van der Waals surface area (Å²) in [6.45, 7) is 0. The van der Waals surface area contributed by atoms with E-state index in [1.54, 1.807) is 92.9 Å². The zero-order valence-electron chi connectivity index (χ0n) is 59.9. The first-order valence-corrected chi connectivity index (χ1v) is 41.3. The lowest BCUT2D eigenvalue weighted by Crippen LogP contribution is -2.38. The van der Waals surface area contributed by atoms with Crippen molar-refractivity contribution in [2.45, 2.75) is 379 Å². The monoisotopic (exact) mass is 1240 g/mol. The Morgan fingerprint density at radius 1 is 0.198 bits per heavy atom. The number of rotatable bonds is 0. The summed E-state index contributed by atoms with van der Waals surface area (Å²) in [5, 5.41) is 0. The van der Waals surface area contributed by atoms with Crippen LogP contribution in [-0.2, 0) is 25.7 Å². The Bertz CT molecular complexity index is 2000. The molecule has 0 heteroatoms. The SMILES string of the molecule is C1=CC2CCC1C2.C1=CCC=C1.C1=CCCC1.C1=CCCCC1.C1=CCCCCC1.C1C2CC3CC1CC(C2)C3.C1CC1.C1CC2CCC1C2.C1CCC1.C1CCCC1.C1CCCCC1.C1CCCCCC1.c1ccc2c(c1)CCC2.c1ccc2c(c1)CCCC2. The second-order valence-corrected chi connectivity index (χ2v) is 31.5. The van der Waals surface area contributed by atoms with Gasteiger partial charge in [-0.1, -0.05) is 314 Å². The molecule has 19 aliphatic rings. The first-order chi connectivity index (χ1) is 45.2. The lowest BCUT2D eigenvalue weighted by molar-refractivity contribution is 0.0198. The van der Waals surface area contributed by atoms with Gasteiger partial charge in [0, 0.05) is 0 Å². The topological polar surface area (TPSA) is 0 Å². The average molecular weight is 1240 g/mol. The third-order valence-electron chi connectivity index (χ3n) is 23.1. The van der Waals surface area contributed by atoms with E-state index in [2.05, 4.69) is 121 Å². The molecule has 8 bridgehead atoms. The predicted molar refractivity (Wildman–Crippen MR) is 404 cm³/mol. The molecular formula is C91H146. The first-order valence-electron chi connectivity index (χ1n) is 41.3. The summed E-state index contributed by atoms with van der Waals surface area (Å²) in [6.07, 6.45) is 113. The minimum Gasteiger partial charge on any atom is -0.0885 e. The Balaban J connectivity index is 0.000000140. The number of fused-ring (bicyclic) bond motifs is 6. The summed E-state index contributed by atoms with van der Waals surface area (Å²) in [6, 6.07) is 17.5. The zero-order valence-corrected chi connectivity index (χ0v) is 59.9. The van der Waals surface area contributed by atoms with Crippen LogP contribution in [0.2, 0.25) is 0 Å². The fourth-order valence-electron chi connectivity index (χ4n) is 17.2. The van der Waals surface area contributed by atoms with Gasteiger partial charge in [-0.3, -0.25) is 0 Å². The molecule has 21 rings (SSSR count). The summed E-state index contributed by atoms with van der Waals surface area (Å²) in [5.41, 5.74) is 6.29. The predicted octanol–water partition coefficient (Wildman–Crippen LogP) is 29.3. The Morgan fingerprint density at radius 2 is 0.440 bits per heavy atom. The van der Waals surface area contributed by atoms with Gasteiger partial charge >= 0.3 is 0 Å². The van der Waals surface area contributed by atoms with E-state index in [4.69, 9.17) is 0 Å². The molecule has 0 N–H and O–H groups in total. The van der Waals surface area contributed by atoms with Gasteiger partial charge in [-0.25, -0.2) is 0 Å². The van der Waals surface area contributed by atoms with Crippen LogP contribution in [0.25, 0.3) is 0 Å². The maximum absolute atomic E-state index is 2.38. The molecule has 0 saturated heterocycles. The molecule has 2 atom stereocenters. The van der Waals surface area contributed by atoms with Gasteiger partial charge in [0.2, 0.25) is 0 Å². The molecule has 12 saturated carbocycles. The fourth-order valence-corrected chi connectivity index (χ4v) is 17.2. The molecular weight excluding hydrogens is 1090 g/mol. The Morgan fingerprint density at radius 3 is 0.637 bits per heavy atom. The lowest BCUT2D eigenvalue weighted by Gasteiger charge is -2.49. The quantitative estimate of drug-likeness (QED) is 0.182. The van der Waals surface area contributed by atoms with Crippen LogP contribution < -0.4 is 0 Å². The van der Waals surface area contributed by atoms with Gasteiger partial charge in [0.1, 0.15) is 0 Å².